The van der Waals surface area contributed by atoms with Crippen LogP contribution >= 0.6 is 0 Å². The number of ether oxygens (including phenoxy) is 1. The van der Waals surface area contributed by atoms with Crippen molar-refractivity contribution < 1.29 is 18.7 Å². The summed E-state index contributed by atoms with van der Waals surface area (Å²) in [6, 6.07) is 2.95. The van der Waals surface area contributed by atoms with Gasteiger partial charge < -0.3 is 14.5 Å². The van der Waals surface area contributed by atoms with Crippen LogP contribution in [0.25, 0.3) is 0 Å². The fourth-order valence-electron chi connectivity index (χ4n) is 1.34. The first kappa shape index (κ1) is 12.3. The first-order chi connectivity index (χ1) is 7.63. The summed E-state index contributed by atoms with van der Waals surface area (Å²) in [7, 11) is 0. The Balaban J connectivity index is 2.65. The van der Waals surface area contributed by atoms with Crippen LogP contribution in [0.5, 0.6) is 0 Å². The highest BCUT2D eigenvalue weighted by atomic mass is 16.5. The molecule has 0 spiro atoms. The molecule has 88 valence electrons. The fourth-order valence-corrected chi connectivity index (χ4v) is 1.34. The van der Waals surface area contributed by atoms with Crippen LogP contribution in [-0.2, 0) is 14.3 Å². The summed E-state index contributed by atoms with van der Waals surface area (Å²) in [6.07, 6.45) is 1.57. The van der Waals surface area contributed by atoms with Crippen molar-refractivity contribution in [1.29, 1.82) is 0 Å². The zero-order valence-corrected chi connectivity index (χ0v) is 9.36. The predicted molar refractivity (Wildman–Crippen MR) is 56.5 cm³/mol. The Kier molecular flexibility index (Phi) is 4.57. The third kappa shape index (κ3) is 3.76. The van der Waals surface area contributed by atoms with Crippen molar-refractivity contribution in [3.63, 3.8) is 0 Å². The Morgan fingerprint density at radius 2 is 2.31 bits per heavy atom. The van der Waals surface area contributed by atoms with E-state index in [1.807, 2.05) is 0 Å². The first-order valence-electron chi connectivity index (χ1n) is 5.09. The molecule has 1 amide bonds. The lowest BCUT2D eigenvalue weighted by atomic mass is 10.1. The van der Waals surface area contributed by atoms with Crippen LogP contribution in [0.2, 0.25) is 0 Å². The van der Waals surface area contributed by atoms with Crippen molar-refractivity contribution in [3.05, 3.63) is 24.2 Å². The second-order valence-electron chi connectivity index (χ2n) is 3.28. The lowest BCUT2D eigenvalue weighted by Gasteiger charge is -2.14. The van der Waals surface area contributed by atoms with Crippen LogP contribution in [0.15, 0.2) is 22.8 Å². The molecule has 5 nitrogen and oxygen atoms in total. The summed E-state index contributed by atoms with van der Waals surface area (Å²) in [4.78, 5) is 22.3. The number of carbonyl (C=O) groups is 2. The molecule has 0 aliphatic carbocycles. The molecule has 0 saturated carbocycles. The van der Waals surface area contributed by atoms with Gasteiger partial charge in [-0.3, -0.25) is 9.59 Å². The van der Waals surface area contributed by atoms with E-state index in [9.17, 15) is 9.59 Å². The van der Waals surface area contributed by atoms with Gasteiger partial charge in [-0.15, -0.1) is 0 Å². The summed E-state index contributed by atoms with van der Waals surface area (Å²) >= 11 is 0. The third-order valence-corrected chi connectivity index (χ3v) is 1.94. The molecule has 0 saturated heterocycles. The quantitative estimate of drug-likeness (QED) is 0.769. The lowest BCUT2D eigenvalue weighted by molar-refractivity contribution is -0.144. The topological polar surface area (TPSA) is 68.5 Å². The summed E-state index contributed by atoms with van der Waals surface area (Å²) in [5.74, 6) is -0.0356. The zero-order chi connectivity index (χ0) is 12.0. The number of rotatable bonds is 5. The van der Waals surface area contributed by atoms with Crippen molar-refractivity contribution in [2.75, 3.05) is 6.61 Å². The maximum Gasteiger partial charge on any atom is 0.308 e. The average Bonchev–Trinajstić information content (AvgIpc) is 2.68. The molecule has 1 atom stereocenters. The smallest absolute Gasteiger partial charge is 0.308 e. The highest BCUT2D eigenvalue weighted by Crippen LogP contribution is 2.17. The normalized spacial score (nSPS) is 11.9. The molecule has 1 aromatic heterocycles. The van der Waals surface area contributed by atoms with Gasteiger partial charge in [0.25, 0.3) is 0 Å². The molecule has 0 aliphatic rings. The maximum absolute atomic E-state index is 11.3. The van der Waals surface area contributed by atoms with E-state index in [4.69, 9.17) is 9.15 Å². The minimum atomic E-state index is -0.466. The molecule has 1 heterocycles. The van der Waals surface area contributed by atoms with Crippen molar-refractivity contribution in [3.8, 4) is 0 Å². The van der Waals surface area contributed by atoms with Crippen LogP contribution in [0.3, 0.4) is 0 Å². The van der Waals surface area contributed by atoms with Gasteiger partial charge in [-0.05, 0) is 19.1 Å². The average molecular weight is 225 g/mol. The maximum atomic E-state index is 11.3. The van der Waals surface area contributed by atoms with Gasteiger partial charge in [0.15, 0.2) is 0 Å². The second kappa shape index (κ2) is 5.95. The van der Waals surface area contributed by atoms with Gasteiger partial charge in [-0.2, -0.15) is 0 Å². The number of furan rings is 1. The molecule has 0 radical (unpaired) electrons. The Morgan fingerprint density at radius 1 is 1.56 bits per heavy atom. The van der Waals surface area contributed by atoms with Gasteiger partial charge >= 0.3 is 5.97 Å². The minimum absolute atomic E-state index is 0.0704. The van der Waals surface area contributed by atoms with Gasteiger partial charge in [-0.1, -0.05) is 0 Å². The van der Waals surface area contributed by atoms with E-state index >= 15 is 0 Å². The van der Waals surface area contributed by atoms with E-state index in [-0.39, 0.29) is 18.3 Å². The van der Waals surface area contributed by atoms with Gasteiger partial charge in [-0.25, -0.2) is 0 Å². The molecule has 1 aromatic rings. The number of nitrogens with one attached hydrogen (secondary N) is 1. The summed E-state index contributed by atoms with van der Waals surface area (Å²) in [6.45, 7) is 3.45. The monoisotopic (exact) mass is 225 g/mol. The van der Waals surface area contributed by atoms with Gasteiger partial charge in [0.2, 0.25) is 5.91 Å². The van der Waals surface area contributed by atoms with Crippen LogP contribution in [0.4, 0.5) is 0 Å². The SMILES string of the molecule is CCOC(=O)C[C@H](NC(C)=O)c1ccco1. The number of hydrogen-bond acceptors (Lipinski definition) is 4. The van der Waals surface area contributed by atoms with E-state index in [0.717, 1.165) is 0 Å². The van der Waals surface area contributed by atoms with Gasteiger partial charge in [0, 0.05) is 6.92 Å². The molecule has 0 aliphatic heterocycles. The molecule has 0 unspecified atom stereocenters. The van der Waals surface area contributed by atoms with Crippen molar-refractivity contribution >= 4 is 11.9 Å². The molecule has 1 N–H and O–H groups in total. The Bertz CT molecular complexity index is 345. The Morgan fingerprint density at radius 3 is 2.81 bits per heavy atom. The summed E-state index contributed by atoms with van der Waals surface area (Å²) in [5.41, 5.74) is 0. The summed E-state index contributed by atoms with van der Waals surface area (Å²) < 4.78 is 9.97. The third-order valence-electron chi connectivity index (χ3n) is 1.94. The van der Waals surface area contributed by atoms with E-state index in [0.29, 0.717) is 12.4 Å². The largest absolute Gasteiger partial charge is 0.467 e. The number of hydrogen-bond donors (Lipinski definition) is 1. The van der Waals surface area contributed by atoms with Crippen LogP contribution < -0.4 is 5.32 Å². The minimum Gasteiger partial charge on any atom is -0.467 e. The first-order valence-corrected chi connectivity index (χ1v) is 5.09. The van der Waals surface area contributed by atoms with E-state index in [2.05, 4.69) is 5.32 Å². The molecular weight excluding hydrogens is 210 g/mol. The molecule has 0 aromatic carbocycles. The van der Waals surface area contributed by atoms with E-state index in [1.54, 1.807) is 19.1 Å². The summed E-state index contributed by atoms with van der Waals surface area (Å²) in [5, 5.41) is 2.64. The van der Waals surface area contributed by atoms with Crippen molar-refractivity contribution in [2.24, 2.45) is 0 Å². The van der Waals surface area contributed by atoms with Crippen molar-refractivity contribution in [1.82, 2.24) is 5.32 Å². The zero-order valence-electron chi connectivity index (χ0n) is 9.36. The molecule has 16 heavy (non-hydrogen) atoms. The number of amides is 1. The van der Waals surface area contributed by atoms with Crippen molar-refractivity contribution in [2.45, 2.75) is 26.3 Å². The predicted octanol–water partition coefficient (Wildman–Crippen LogP) is 1.41. The second-order valence-corrected chi connectivity index (χ2v) is 3.28. The number of esters is 1. The highest BCUT2D eigenvalue weighted by molar-refractivity contribution is 5.75. The lowest BCUT2D eigenvalue weighted by Crippen LogP contribution is -2.28. The Hall–Kier alpha value is -1.78. The molecule has 0 fully saturated rings. The fraction of sp³-hybridized carbons (Fsp3) is 0.455. The van der Waals surface area contributed by atoms with E-state index < -0.39 is 6.04 Å². The molecular formula is C11H15NO4. The number of carbonyl (C=O) groups excluding carboxylic acids is 2. The van der Waals surface area contributed by atoms with Crippen LogP contribution in [0.1, 0.15) is 32.1 Å². The van der Waals surface area contributed by atoms with Gasteiger partial charge in [0.1, 0.15) is 5.76 Å². The highest BCUT2D eigenvalue weighted by Gasteiger charge is 2.19. The molecule has 1 rings (SSSR count). The Labute approximate surface area is 93.8 Å². The van der Waals surface area contributed by atoms with E-state index in [1.165, 1.54) is 13.2 Å². The van der Waals surface area contributed by atoms with Crippen LogP contribution in [-0.4, -0.2) is 18.5 Å². The van der Waals surface area contributed by atoms with Gasteiger partial charge in [0.05, 0.1) is 25.3 Å². The standard InChI is InChI=1S/C11H15NO4/c1-3-15-11(14)7-9(12-8(2)13)10-5-4-6-16-10/h4-6,9H,3,7H2,1-2H3,(H,12,13)/t9-/m0/s1. The van der Waals surface area contributed by atoms with Crippen LogP contribution in [0, 0.1) is 0 Å². The molecule has 5 heteroatoms. The molecule has 0 bridgehead atoms.